The van der Waals surface area contributed by atoms with Crippen LogP contribution in [0.15, 0.2) is 99.3 Å². The van der Waals surface area contributed by atoms with Crippen molar-refractivity contribution in [1.29, 1.82) is 0 Å². The lowest BCUT2D eigenvalue weighted by molar-refractivity contribution is 0.0745. The topological polar surface area (TPSA) is 83.7 Å². The second-order valence-electron chi connectivity index (χ2n) is 8.46. The zero-order chi connectivity index (χ0) is 24.4. The Balaban J connectivity index is 1.45. The van der Waals surface area contributed by atoms with E-state index in [1.54, 1.807) is 35.2 Å². The quantitative estimate of drug-likeness (QED) is 0.414. The average Bonchev–Trinajstić information content (AvgIpc) is 3.36. The van der Waals surface area contributed by atoms with E-state index in [0.29, 0.717) is 37.3 Å². The van der Waals surface area contributed by atoms with Gasteiger partial charge in [-0.2, -0.15) is 4.98 Å². The van der Waals surface area contributed by atoms with Crippen molar-refractivity contribution < 1.29 is 17.6 Å². The molecule has 178 valence electrons. The monoisotopic (exact) mass is 487 g/mol. The molecule has 35 heavy (non-hydrogen) atoms. The highest BCUT2D eigenvalue weighted by atomic mass is 32.2. The van der Waals surface area contributed by atoms with E-state index >= 15 is 0 Å². The molecule has 5 rings (SSSR count). The lowest BCUT2D eigenvalue weighted by Gasteiger charge is -2.34. The van der Waals surface area contributed by atoms with E-state index in [-0.39, 0.29) is 27.6 Å². The zero-order valence-electron chi connectivity index (χ0n) is 19.3. The highest BCUT2D eigenvalue weighted by Crippen LogP contribution is 2.35. The summed E-state index contributed by atoms with van der Waals surface area (Å²) in [7, 11) is -3.91. The minimum atomic E-state index is -3.91. The first-order valence-corrected chi connectivity index (χ1v) is 12.9. The first-order chi connectivity index (χ1) is 16.9. The number of oxazole rings is 1. The van der Waals surface area contributed by atoms with Gasteiger partial charge in [-0.15, -0.1) is 0 Å². The van der Waals surface area contributed by atoms with Gasteiger partial charge in [-0.25, -0.2) is 8.42 Å². The molecule has 0 bridgehead atoms. The number of nitrogens with zero attached hydrogens (tertiary/aromatic N) is 3. The van der Waals surface area contributed by atoms with Crippen LogP contribution in [0.5, 0.6) is 0 Å². The third-order valence-corrected chi connectivity index (χ3v) is 7.73. The predicted octanol–water partition coefficient (Wildman–Crippen LogP) is 4.45. The molecule has 0 unspecified atom stereocenters. The van der Waals surface area contributed by atoms with Gasteiger partial charge in [0.2, 0.25) is 26.6 Å². The molecule has 0 radical (unpaired) electrons. The van der Waals surface area contributed by atoms with Crippen molar-refractivity contribution in [2.75, 3.05) is 31.1 Å². The molecule has 0 N–H and O–H groups in total. The third-order valence-electron chi connectivity index (χ3n) is 6.06. The standard InChI is InChI=1S/C27H25N3O4S/c1-20-12-14-22(15-13-20)26(31)29-16-18-30(19-17-29)27-25(35(32,33)23-10-6-3-7-11-23)28-24(34-27)21-8-4-2-5-9-21/h2-15H,16-19H2,1H3. The smallest absolute Gasteiger partial charge is 0.253 e. The van der Waals surface area contributed by atoms with E-state index in [1.807, 2.05) is 66.4 Å². The van der Waals surface area contributed by atoms with Gasteiger partial charge in [0, 0.05) is 37.3 Å². The number of anilines is 1. The molecule has 1 aliphatic rings. The van der Waals surface area contributed by atoms with Crippen LogP contribution in [-0.2, 0) is 9.84 Å². The maximum absolute atomic E-state index is 13.5. The zero-order valence-corrected chi connectivity index (χ0v) is 20.1. The number of benzene rings is 3. The minimum absolute atomic E-state index is 0.0377. The number of amides is 1. The van der Waals surface area contributed by atoms with Crippen LogP contribution in [0.1, 0.15) is 15.9 Å². The molecule has 1 amide bonds. The summed E-state index contributed by atoms with van der Waals surface area (Å²) in [4.78, 5) is 21.2. The van der Waals surface area contributed by atoms with Crippen molar-refractivity contribution >= 4 is 21.6 Å². The van der Waals surface area contributed by atoms with Gasteiger partial charge in [0.15, 0.2) is 0 Å². The third kappa shape index (κ3) is 4.57. The Hall–Kier alpha value is -3.91. The number of piperazine rings is 1. The summed E-state index contributed by atoms with van der Waals surface area (Å²) in [5, 5.41) is -0.110. The summed E-state index contributed by atoms with van der Waals surface area (Å²) in [6, 6.07) is 25.0. The average molecular weight is 488 g/mol. The van der Waals surface area contributed by atoms with Gasteiger partial charge in [-0.05, 0) is 43.3 Å². The fourth-order valence-electron chi connectivity index (χ4n) is 4.08. The number of sulfone groups is 1. The number of hydrogen-bond donors (Lipinski definition) is 0. The Bertz CT molecular complexity index is 1430. The van der Waals surface area contributed by atoms with Crippen LogP contribution in [0, 0.1) is 6.92 Å². The lowest BCUT2D eigenvalue weighted by Crippen LogP contribution is -2.49. The van der Waals surface area contributed by atoms with Crippen molar-refractivity contribution in [1.82, 2.24) is 9.88 Å². The molecule has 2 heterocycles. The second kappa shape index (κ2) is 9.38. The molecule has 0 atom stereocenters. The van der Waals surface area contributed by atoms with Crippen molar-refractivity contribution in [3.63, 3.8) is 0 Å². The van der Waals surface area contributed by atoms with Crippen molar-refractivity contribution in [2.24, 2.45) is 0 Å². The Morgan fingerprint density at radius 1 is 0.829 bits per heavy atom. The Morgan fingerprint density at radius 3 is 2.06 bits per heavy atom. The van der Waals surface area contributed by atoms with E-state index in [1.165, 1.54) is 0 Å². The maximum atomic E-state index is 13.5. The molecule has 3 aromatic carbocycles. The summed E-state index contributed by atoms with van der Waals surface area (Å²) < 4.78 is 33.1. The van der Waals surface area contributed by atoms with Crippen LogP contribution in [-0.4, -0.2) is 50.4 Å². The normalized spacial score (nSPS) is 14.2. The van der Waals surface area contributed by atoms with Crippen LogP contribution in [0.3, 0.4) is 0 Å². The van der Waals surface area contributed by atoms with Gasteiger partial charge >= 0.3 is 0 Å². The first kappa shape index (κ1) is 22.9. The van der Waals surface area contributed by atoms with Gasteiger partial charge < -0.3 is 14.2 Å². The van der Waals surface area contributed by atoms with Crippen molar-refractivity contribution in [3.05, 3.63) is 96.1 Å². The molecule has 0 spiro atoms. The summed E-state index contributed by atoms with van der Waals surface area (Å²) >= 11 is 0. The number of rotatable bonds is 5. The molecule has 7 nitrogen and oxygen atoms in total. The molecule has 1 aliphatic heterocycles. The molecule has 1 aromatic heterocycles. The van der Waals surface area contributed by atoms with Crippen LogP contribution in [0.25, 0.3) is 11.5 Å². The summed E-state index contributed by atoms with van der Waals surface area (Å²) in [5.41, 5.74) is 2.43. The van der Waals surface area contributed by atoms with E-state index in [9.17, 15) is 13.2 Å². The Kier molecular flexibility index (Phi) is 6.13. The van der Waals surface area contributed by atoms with E-state index < -0.39 is 9.84 Å². The molecular formula is C27H25N3O4S. The van der Waals surface area contributed by atoms with Crippen LogP contribution in [0.4, 0.5) is 5.88 Å². The van der Waals surface area contributed by atoms with E-state index in [2.05, 4.69) is 4.98 Å². The highest BCUT2D eigenvalue weighted by molar-refractivity contribution is 7.91. The molecule has 4 aromatic rings. The van der Waals surface area contributed by atoms with Crippen molar-refractivity contribution in [2.45, 2.75) is 16.8 Å². The summed E-state index contributed by atoms with van der Waals surface area (Å²) in [5.74, 6) is 0.410. The SMILES string of the molecule is Cc1ccc(C(=O)N2CCN(c3oc(-c4ccccc4)nc3S(=O)(=O)c3ccccc3)CC2)cc1. The van der Waals surface area contributed by atoms with Gasteiger partial charge in [-0.1, -0.05) is 54.1 Å². The van der Waals surface area contributed by atoms with Crippen molar-refractivity contribution in [3.8, 4) is 11.5 Å². The second-order valence-corrected chi connectivity index (χ2v) is 10.3. The molecule has 1 fully saturated rings. The molecule has 0 aliphatic carbocycles. The van der Waals surface area contributed by atoms with E-state index in [4.69, 9.17) is 4.42 Å². The number of aromatic nitrogens is 1. The van der Waals surface area contributed by atoms with E-state index in [0.717, 1.165) is 5.56 Å². The predicted molar refractivity (Wildman–Crippen MR) is 133 cm³/mol. The molecule has 8 heteroatoms. The summed E-state index contributed by atoms with van der Waals surface area (Å²) in [6.07, 6.45) is 0. The maximum Gasteiger partial charge on any atom is 0.253 e. The largest absolute Gasteiger partial charge is 0.419 e. The van der Waals surface area contributed by atoms with Crippen LogP contribution in [0.2, 0.25) is 0 Å². The Morgan fingerprint density at radius 2 is 1.43 bits per heavy atom. The fourth-order valence-corrected chi connectivity index (χ4v) is 5.42. The first-order valence-electron chi connectivity index (χ1n) is 11.4. The number of carbonyl (C=O) groups excluding carboxylic acids is 1. The number of carbonyl (C=O) groups is 1. The summed E-state index contributed by atoms with van der Waals surface area (Å²) in [6.45, 7) is 3.73. The minimum Gasteiger partial charge on any atom is -0.419 e. The highest BCUT2D eigenvalue weighted by Gasteiger charge is 2.33. The molecule has 0 saturated carbocycles. The molecule has 1 saturated heterocycles. The fraction of sp³-hybridized carbons (Fsp3) is 0.185. The van der Waals surface area contributed by atoms with Gasteiger partial charge in [0.05, 0.1) is 4.90 Å². The lowest BCUT2D eigenvalue weighted by atomic mass is 10.1. The van der Waals surface area contributed by atoms with Gasteiger partial charge in [-0.3, -0.25) is 4.79 Å². The van der Waals surface area contributed by atoms with Crippen LogP contribution < -0.4 is 4.90 Å². The number of hydrogen-bond acceptors (Lipinski definition) is 6. The van der Waals surface area contributed by atoms with Gasteiger partial charge in [0.1, 0.15) is 0 Å². The number of aryl methyl sites for hydroxylation is 1. The molecular weight excluding hydrogens is 462 g/mol. The van der Waals surface area contributed by atoms with Crippen LogP contribution >= 0.6 is 0 Å². The Labute approximate surface area is 204 Å². The van der Waals surface area contributed by atoms with Gasteiger partial charge in [0.25, 0.3) is 5.91 Å².